The van der Waals surface area contributed by atoms with E-state index in [9.17, 15) is 0 Å². The molecule has 1 aromatic carbocycles. The topological polar surface area (TPSA) is 24.9 Å². The summed E-state index contributed by atoms with van der Waals surface area (Å²) in [6, 6.07) is 10.6. The number of nitrogens with zero attached hydrogens (tertiary/aromatic N) is 1. The van der Waals surface area contributed by atoms with Crippen LogP contribution in [0.25, 0.3) is 0 Å². The number of benzene rings is 1. The van der Waals surface area contributed by atoms with Crippen LogP contribution in [0, 0.1) is 13.8 Å². The van der Waals surface area contributed by atoms with Gasteiger partial charge >= 0.3 is 0 Å². The average molecular weight is 261 g/mol. The van der Waals surface area contributed by atoms with Crippen molar-refractivity contribution in [3.8, 4) is 0 Å². The third-order valence-electron chi connectivity index (χ3n) is 2.85. The Kier molecular flexibility index (Phi) is 3.87. The van der Waals surface area contributed by atoms with Gasteiger partial charge in [-0.3, -0.25) is 0 Å². The first-order chi connectivity index (χ1) is 8.54. The summed E-state index contributed by atoms with van der Waals surface area (Å²) in [5, 5.41) is 3.94. The van der Waals surface area contributed by atoms with Crippen LogP contribution in [0.4, 0.5) is 5.69 Å². The fraction of sp³-hybridized carbons (Fsp3) is 0.267. The number of hydrogen-bond donors (Lipinski definition) is 1. The van der Waals surface area contributed by atoms with Crippen molar-refractivity contribution in [3.63, 3.8) is 0 Å². The maximum absolute atomic E-state index is 5.87. The van der Waals surface area contributed by atoms with Gasteiger partial charge in [-0.25, -0.2) is 4.98 Å². The van der Waals surface area contributed by atoms with E-state index >= 15 is 0 Å². The van der Waals surface area contributed by atoms with E-state index in [1.807, 2.05) is 12.1 Å². The largest absolute Gasteiger partial charge is 0.378 e. The molecule has 0 amide bonds. The van der Waals surface area contributed by atoms with Crippen molar-refractivity contribution in [1.29, 1.82) is 0 Å². The standard InChI is InChI=1S/C15H17ClN2/c1-10-6-11(2)8-13(7-10)12(3)18-14-4-5-17-15(16)9-14/h4-9,12H,1-3H3,(H,17,18). The molecule has 3 heteroatoms. The maximum Gasteiger partial charge on any atom is 0.131 e. The predicted molar refractivity (Wildman–Crippen MR) is 77.2 cm³/mol. The fourth-order valence-electron chi connectivity index (χ4n) is 2.09. The third-order valence-corrected chi connectivity index (χ3v) is 3.06. The number of hydrogen-bond acceptors (Lipinski definition) is 2. The summed E-state index contributed by atoms with van der Waals surface area (Å²) in [6.07, 6.45) is 1.71. The lowest BCUT2D eigenvalue weighted by atomic mass is 10.0. The monoisotopic (exact) mass is 260 g/mol. The van der Waals surface area contributed by atoms with Gasteiger partial charge < -0.3 is 5.32 Å². The van der Waals surface area contributed by atoms with Crippen LogP contribution in [0.5, 0.6) is 0 Å². The second-order valence-electron chi connectivity index (χ2n) is 4.65. The van der Waals surface area contributed by atoms with Crippen LogP contribution < -0.4 is 5.32 Å². The molecule has 1 N–H and O–H groups in total. The molecule has 2 aromatic rings. The number of aromatic nitrogens is 1. The summed E-state index contributed by atoms with van der Waals surface area (Å²) >= 11 is 5.87. The molecule has 0 aliphatic heterocycles. The number of aryl methyl sites for hydroxylation is 2. The van der Waals surface area contributed by atoms with Crippen LogP contribution in [0.2, 0.25) is 5.15 Å². The van der Waals surface area contributed by atoms with Crippen LogP contribution >= 0.6 is 11.6 Å². The van der Waals surface area contributed by atoms with Gasteiger partial charge in [0.1, 0.15) is 5.15 Å². The zero-order valence-corrected chi connectivity index (χ0v) is 11.6. The summed E-state index contributed by atoms with van der Waals surface area (Å²) in [7, 11) is 0. The van der Waals surface area contributed by atoms with Gasteiger partial charge in [0.2, 0.25) is 0 Å². The highest BCUT2D eigenvalue weighted by molar-refractivity contribution is 6.29. The molecule has 0 aliphatic carbocycles. The van der Waals surface area contributed by atoms with Crippen LogP contribution in [-0.4, -0.2) is 4.98 Å². The number of rotatable bonds is 3. The molecule has 0 spiro atoms. The zero-order chi connectivity index (χ0) is 13.1. The molecule has 18 heavy (non-hydrogen) atoms. The van der Waals surface area contributed by atoms with Crippen molar-refractivity contribution in [2.45, 2.75) is 26.8 Å². The van der Waals surface area contributed by atoms with E-state index < -0.39 is 0 Å². The summed E-state index contributed by atoms with van der Waals surface area (Å²) in [5.41, 5.74) is 4.83. The summed E-state index contributed by atoms with van der Waals surface area (Å²) in [5.74, 6) is 0. The molecule has 0 bridgehead atoms. The SMILES string of the molecule is Cc1cc(C)cc(C(C)Nc2ccnc(Cl)c2)c1. The predicted octanol–water partition coefficient (Wildman–Crippen LogP) is 4.52. The summed E-state index contributed by atoms with van der Waals surface area (Å²) < 4.78 is 0. The van der Waals surface area contributed by atoms with Crippen LogP contribution in [-0.2, 0) is 0 Å². The van der Waals surface area contributed by atoms with E-state index in [0.29, 0.717) is 5.15 Å². The number of anilines is 1. The Hall–Kier alpha value is -1.54. The molecule has 0 fully saturated rings. The van der Waals surface area contributed by atoms with Crippen LogP contribution in [0.3, 0.4) is 0 Å². The van der Waals surface area contributed by atoms with E-state index in [4.69, 9.17) is 11.6 Å². The van der Waals surface area contributed by atoms with Gasteiger partial charge in [-0.1, -0.05) is 40.9 Å². The van der Waals surface area contributed by atoms with Crippen LogP contribution in [0.1, 0.15) is 29.7 Å². The first-order valence-electron chi connectivity index (χ1n) is 6.01. The minimum Gasteiger partial charge on any atom is -0.378 e. The number of halogens is 1. The van der Waals surface area contributed by atoms with Crippen molar-refractivity contribution in [2.75, 3.05) is 5.32 Å². The first kappa shape index (κ1) is 12.9. The minimum atomic E-state index is 0.238. The van der Waals surface area contributed by atoms with E-state index in [2.05, 4.69) is 49.3 Å². The Labute approximate surface area is 113 Å². The molecule has 1 unspecified atom stereocenters. The van der Waals surface area contributed by atoms with Gasteiger partial charge in [-0.2, -0.15) is 0 Å². The minimum absolute atomic E-state index is 0.238. The quantitative estimate of drug-likeness (QED) is 0.821. The maximum atomic E-state index is 5.87. The summed E-state index contributed by atoms with van der Waals surface area (Å²) in [6.45, 7) is 6.38. The normalized spacial score (nSPS) is 12.2. The average Bonchev–Trinajstić information content (AvgIpc) is 2.27. The number of nitrogens with one attached hydrogen (secondary N) is 1. The van der Waals surface area contributed by atoms with Gasteiger partial charge in [-0.05, 0) is 38.5 Å². The molecule has 0 saturated carbocycles. The van der Waals surface area contributed by atoms with Gasteiger partial charge in [0.15, 0.2) is 0 Å². The van der Waals surface area contributed by atoms with Crippen molar-refractivity contribution in [2.24, 2.45) is 0 Å². The molecule has 94 valence electrons. The lowest BCUT2D eigenvalue weighted by molar-refractivity contribution is 0.880. The highest BCUT2D eigenvalue weighted by Gasteiger charge is 2.06. The van der Waals surface area contributed by atoms with E-state index in [-0.39, 0.29) is 6.04 Å². The Morgan fingerprint density at radius 3 is 2.39 bits per heavy atom. The molecular formula is C15H17ClN2. The van der Waals surface area contributed by atoms with Crippen LogP contribution in [0.15, 0.2) is 36.5 Å². The second-order valence-corrected chi connectivity index (χ2v) is 5.04. The molecule has 0 radical (unpaired) electrons. The highest BCUT2D eigenvalue weighted by atomic mass is 35.5. The van der Waals surface area contributed by atoms with Crippen molar-refractivity contribution >= 4 is 17.3 Å². The fourth-order valence-corrected chi connectivity index (χ4v) is 2.26. The van der Waals surface area contributed by atoms with Crippen molar-refractivity contribution in [3.05, 3.63) is 58.4 Å². The number of pyridine rings is 1. The Morgan fingerprint density at radius 2 is 1.78 bits per heavy atom. The third kappa shape index (κ3) is 3.23. The van der Waals surface area contributed by atoms with E-state index in [1.54, 1.807) is 6.20 Å². The molecule has 0 aliphatic rings. The Bertz CT molecular complexity index is 532. The molecule has 1 atom stereocenters. The Morgan fingerprint density at radius 1 is 1.11 bits per heavy atom. The molecule has 1 aromatic heterocycles. The van der Waals surface area contributed by atoms with Gasteiger partial charge in [0.05, 0.1) is 0 Å². The van der Waals surface area contributed by atoms with Crippen molar-refractivity contribution < 1.29 is 0 Å². The highest BCUT2D eigenvalue weighted by Crippen LogP contribution is 2.22. The van der Waals surface area contributed by atoms with E-state index in [0.717, 1.165) is 5.69 Å². The van der Waals surface area contributed by atoms with Gasteiger partial charge in [0.25, 0.3) is 0 Å². The van der Waals surface area contributed by atoms with Gasteiger partial charge in [-0.15, -0.1) is 0 Å². The lowest BCUT2D eigenvalue weighted by Gasteiger charge is -2.17. The molecule has 0 saturated heterocycles. The molecular weight excluding hydrogens is 244 g/mol. The van der Waals surface area contributed by atoms with E-state index in [1.165, 1.54) is 16.7 Å². The molecule has 2 rings (SSSR count). The van der Waals surface area contributed by atoms with Crippen molar-refractivity contribution in [1.82, 2.24) is 4.98 Å². The smallest absolute Gasteiger partial charge is 0.131 e. The second kappa shape index (κ2) is 5.40. The lowest BCUT2D eigenvalue weighted by Crippen LogP contribution is -2.07. The zero-order valence-electron chi connectivity index (χ0n) is 10.9. The molecule has 2 nitrogen and oxygen atoms in total. The first-order valence-corrected chi connectivity index (χ1v) is 6.38. The Balaban J connectivity index is 2.19. The summed E-state index contributed by atoms with van der Waals surface area (Å²) in [4.78, 5) is 3.97. The van der Waals surface area contributed by atoms with Gasteiger partial charge in [0, 0.05) is 17.9 Å². The molecule has 1 heterocycles.